The van der Waals surface area contributed by atoms with E-state index in [0.717, 1.165) is 6.54 Å². The van der Waals surface area contributed by atoms with Gasteiger partial charge in [0.15, 0.2) is 0 Å². The SMILES string of the molecule is CCNCC(=O)Nc1ccc(C(=O)NC)cc1. The molecule has 0 fully saturated rings. The first-order chi connectivity index (χ1) is 8.17. The summed E-state index contributed by atoms with van der Waals surface area (Å²) < 4.78 is 0. The van der Waals surface area contributed by atoms with Gasteiger partial charge in [-0.05, 0) is 30.8 Å². The molecule has 5 nitrogen and oxygen atoms in total. The van der Waals surface area contributed by atoms with Crippen LogP contribution in [0.25, 0.3) is 0 Å². The second-order valence-corrected chi connectivity index (χ2v) is 3.48. The van der Waals surface area contributed by atoms with Gasteiger partial charge in [0.1, 0.15) is 0 Å². The van der Waals surface area contributed by atoms with Crippen LogP contribution in [0, 0.1) is 0 Å². The average Bonchev–Trinajstić information content (AvgIpc) is 2.36. The molecule has 0 spiro atoms. The molecule has 1 aromatic rings. The monoisotopic (exact) mass is 235 g/mol. The van der Waals surface area contributed by atoms with Gasteiger partial charge in [-0.2, -0.15) is 0 Å². The minimum Gasteiger partial charge on any atom is -0.355 e. The van der Waals surface area contributed by atoms with E-state index in [0.29, 0.717) is 11.3 Å². The molecule has 0 bridgehead atoms. The van der Waals surface area contributed by atoms with Crippen molar-refractivity contribution in [3.05, 3.63) is 29.8 Å². The molecule has 5 heteroatoms. The maximum Gasteiger partial charge on any atom is 0.251 e. The van der Waals surface area contributed by atoms with Gasteiger partial charge in [0.05, 0.1) is 6.54 Å². The highest BCUT2D eigenvalue weighted by atomic mass is 16.2. The minimum absolute atomic E-state index is 0.0976. The predicted molar refractivity (Wildman–Crippen MR) is 67.0 cm³/mol. The molecular formula is C12H17N3O2. The van der Waals surface area contributed by atoms with E-state index >= 15 is 0 Å². The number of carbonyl (C=O) groups is 2. The lowest BCUT2D eigenvalue weighted by Crippen LogP contribution is -2.27. The van der Waals surface area contributed by atoms with Crippen molar-refractivity contribution in [1.82, 2.24) is 10.6 Å². The van der Waals surface area contributed by atoms with Crippen LogP contribution in [0.2, 0.25) is 0 Å². The Kier molecular flexibility index (Phi) is 5.16. The van der Waals surface area contributed by atoms with E-state index in [2.05, 4.69) is 16.0 Å². The number of hydrogen-bond acceptors (Lipinski definition) is 3. The number of carbonyl (C=O) groups excluding carboxylic acids is 2. The first-order valence-electron chi connectivity index (χ1n) is 5.50. The first-order valence-corrected chi connectivity index (χ1v) is 5.50. The Bertz CT molecular complexity index is 387. The molecule has 0 saturated carbocycles. The Hall–Kier alpha value is -1.88. The highest BCUT2D eigenvalue weighted by Gasteiger charge is 2.04. The van der Waals surface area contributed by atoms with Crippen LogP contribution in [0.1, 0.15) is 17.3 Å². The Labute approximate surface area is 101 Å². The van der Waals surface area contributed by atoms with E-state index in [9.17, 15) is 9.59 Å². The maximum absolute atomic E-state index is 11.4. The van der Waals surface area contributed by atoms with Gasteiger partial charge in [0.25, 0.3) is 5.91 Å². The Morgan fingerprint density at radius 3 is 2.35 bits per heavy atom. The van der Waals surface area contributed by atoms with Crippen molar-refractivity contribution in [2.24, 2.45) is 0 Å². The molecule has 17 heavy (non-hydrogen) atoms. The topological polar surface area (TPSA) is 70.2 Å². The summed E-state index contributed by atoms with van der Waals surface area (Å²) in [7, 11) is 1.58. The second kappa shape index (κ2) is 6.65. The van der Waals surface area contributed by atoms with Gasteiger partial charge in [0, 0.05) is 18.3 Å². The molecule has 1 rings (SSSR count). The Balaban J connectivity index is 2.56. The van der Waals surface area contributed by atoms with Crippen LogP contribution in [-0.2, 0) is 4.79 Å². The standard InChI is InChI=1S/C12H17N3O2/c1-3-14-8-11(16)15-10-6-4-9(5-7-10)12(17)13-2/h4-7,14H,3,8H2,1-2H3,(H,13,17)(H,15,16). The molecule has 1 aromatic carbocycles. The maximum atomic E-state index is 11.4. The molecule has 0 aliphatic rings. The van der Waals surface area contributed by atoms with E-state index < -0.39 is 0 Å². The lowest BCUT2D eigenvalue weighted by molar-refractivity contribution is -0.115. The Morgan fingerprint density at radius 1 is 1.18 bits per heavy atom. The third-order valence-corrected chi connectivity index (χ3v) is 2.19. The summed E-state index contributed by atoms with van der Waals surface area (Å²) in [5, 5.41) is 8.19. The number of rotatable bonds is 5. The zero-order valence-corrected chi connectivity index (χ0v) is 10.0. The van der Waals surface area contributed by atoms with Crippen molar-refractivity contribution < 1.29 is 9.59 Å². The fraction of sp³-hybridized carbons (Fsp3) is 0.333. The van der Waals surface area contributed by atoms with Crippen LogP contribution in [0.15, 0.2) is 24.3 Å². The molecular weight excluding hydrogens is 218 g/mol. The average molecular weight is 235 g/mol. The number of anilines is 1. The molecule has 0 aliphatic carbocycles. The van der Waals surface area contributed by atoms with Gasteiger partial charge in [-0.1, -0.05) is 6.92 Å². The molecule has 0 aliphatic heterocycles. The Morgan fingerprint density at radius 2 is 1.82 bits per heavy atom. The lowest BCUT2D eigenvalue weighted by Gasteiger charge is -2.06. The van der Waals surface area contributed by atoms with Gasteiger partial charge >= 0.3 is 0 Å². The van der Waals surface area contributed by atoms with Crippen molar-refractivity contribution in [2.75, 3.05) is 25.5 Å². The van der Waals surface area contributed by atoms with Gasteiger partial charge in [-0.25, -0.2) is 0 Å². The summed E-state index contributed by atoms with van der Waals surface area (Å²) in [6.45, 7) is 2.97. The molecule has 3 N–H and O–H groups in total. The third kappa shape index (κ3) is 4.24. The molecule has 0 heterocycles. The zero-order chi connectivity index (χ0) is 12.7. The smallest absolute Gasteiger partial charge is 0.251 e. The number of benzene rings is 1. The van der Waals surface area contributed by atoms with E-state index in [1.165, 1.54) is 0 Å². The number of amides is 2. The number of likely N-dealkylation sites (N-methyl/N-ethyl adjacent to an activating group) is 1. The minimum atomic E-state index is -0.143. The van der Waals surface area contributed by atoms with Crippen LogP contribution >= 0.6 is 0 Å². The van der Waals surface area contributed by atoms with Crippen LogP contribution < -0.4 is 16.0 Å². The van der Waals surface area contributed by atoms with Crippen LogP contribution in [0.3, 0.4) is 0 Å². The van der Waals surface area contributed by atoms with E-state index in [1.807, 2.05) is 6.92 Å². The fourth-order valence-corrected chi connectivity index (χ4v) is 1.29. The van der Waals surface area contributed by atoms with E-state index in [4.69, 9.17) is 0 Å². The summed E-state index contributed by atoms with van der Waals surface area (Å²) in [6.07, 6.45) is 0. The molecule has 0 unspecified atom stereocenters. The van der Waals surface area contributed by atoms with Crippen molar-refractivity contribution in [1.29, 1.82) is 0 Å². The van der Waals surface area contributed by atoms with E-state index in [-0.39, 0.29) is 18.4 Å². The highest BCUT2D eigenvalue weighted by molar-refractivity contribution is 5.96. The van der Waals surface area contributed by atoms with Gasteiger partial charge in [-0.3, -0.25) is 9.59 Å². The molecule has 0 radical (unpaired) electrons. The molecule has 0 atom stereocenters. The summed E-state index contributed by atoms with van der Waals surface area (Å²) in [5.41, 5.74) is 1.25. The molecule has 2 amide bonds. The summed E-state index contributed by atoms with van der Waals surface area (Å²) in [5.74, 6) is -0.241. The molecule has 0 aromatic heterocycles. The quantitative estimate of drug-likeness (QED) is 0.699. The number of hydrogen-bond donors (Lipinski definition) is 3. The summed E-state index contributed by atoms with van der Waals surface area (Å²) in [6, 6.07) is 6.74. The highest BCUT2D eigenvalue weighted by Crippen LogP contribution is 2.09. The van der Waals surface area contributed by atoms with Gasteiger partial charge in [0.2, 0.25) is 5.91 Å². The van der Waals surface area contributed by atoms with E-state index in [1.54, 1.807) is 31.3 Å². The number of nitrogens with one attached hydrogen (secondary N) is 3. The first kappa shape index (κ1) is 13.2. The van der Waals surface area contributed by atoms with Crippen LogP contribution in [0.4, 0.5) is 5.69 Å². The largest absolute Gasteiger partial charge is 0.355 e. The normalized spacial score (nSPS) is 9.76. The summed E-state index contributed by atoms with van der Waals surface area (Å²) >= 11 is 0. The van der Waals surface area contributed by atoms with Crippen molar-refractivity contribution in [2.45, 2.75) is 6.92 Å². The van der Waals surface area contributed by atoms with Gasteiger partial charge < -0.3 is 16.0 Å². The molecule has 92 valence electrons. The van der Waals surface area contributed by atoms with Crippen molar-refractivity contribution in [3.8, 4) is 0 Å². The van der Waals surface area contributed by atoms with Crippen LogP contribution in [0.5, 0.6) is 0 Å². The zero-order valence-electron chi connectivity index (χ0n) is 10.0. The predicted octanol–water partition coefficient (Wildman–Crippen LogP) is 0.594. The lowest BCUT2D eigenvalue weighted by atomic mass is 10.2. The third-order valence-electron chi connectivity index (χ3n) is 2.19. The van der Waals surface area contributed by atoms with Crippen molar-refractivity contribution in [3.63, 3.8) is 0 Å². The second-order valence-electron chi connectivity index (χ2n) is 3.48. The fourth-order valence-electron chi connectivity index (χ4n) is 1.29. The molecule has 0 saturated heterocycles. The van der Waals surface area contributed by atoms with Crippen molar-refractivity contribution >= 4 is 17.5 Å². The van der Waals surface area contributed by atoms with Crippen LogP contribution in [-0.4, -0.2) is 32.0 Å². The summed E-state index contributed by atoms with van der Waals surface area (Å²) in [4.78, 5) is 22.7. The van der Waals surface area contributed by atoms with Gasteiger partial charge in [-0.15, -0.1) is 0 Å².